The molecule has 5 heteroatoms. The summed E-state index contributed by atoms with van der Waals surface area (Å²) in [4.78, 5) is 14.0. The molecule has 0 amide bonds. The van der Waals surface area contributed by atoms with Crippen molar-refractivity contribution in [1.82, 2.24) is 5.32 Å². The molecule has 0 radical (unpaired) electrons. The number of benzene rings is 1. The van der Waals surface area contributed by atoms with Crippen LogP contribution in [0.5, 0.6) is 0 Å². The van der Waals surface area contributed by atoms with Crippen molar-refractivity contribution in [3.63, 3.8) is 0 Å². The van der Waals surface area contributed by atoms with Crippen molar-refractivity contribution in [1.29, 1.82) is 0 Å². The van der Waals surface area contributed by atoms with E-state index in [0.29, 0.717) is 18.6 Å². The zero-order valence-corrected chi connectivity index (χ0v) is 15.6. The van der Waals surface area contributed by atoms with Gasteiger partial charge in [0, 0.05) is 45.5 Å². The van der Waals surface area contributed by atoms with Crippen LogP contribution >= 0.6 is 11.8 Å². The molecule has 1 N–H and O–H groups in total. The number of carbonyl (C=O) groups is 1. The maximum absolute atomic E-state index is 14.2. The molecular weight excluding hydrogens is 349 g/mol. The highest BCUT2D eigenvalue weighted by molar-refractivity contribution is 8.03. The SMILES string of the molecule is CCOC=Cc1cc(C2C3=C(CCS3)NC3=C2C(=O)CCC3)ccc1F. The molecule has 3 nitrogen and oxygen atoms in total. The van der Waals surface area contributed by atoms with Crippen molar-refractivity contribution in [2.24, 2.45) is 0 Å². The van der Waals surface area contributed by atoms with Gasteiger partial charge in [0.1, 0.15) is 5.82 Å². The van der Waals surface area contributed by atoms with Crippen LogP contribution < -0.4 is 5.32 Å². The summed E-state index contributed by atoms with van der Waals surface area (Å²) in [7, 11) is 0. The van der Waals surface area contributed by atoms with Crippen LogP contribution in [0, 0.1) is 5.82 Å². The number of Topliss-reactive ketones (excluding diaryl/α,β-unsaturated/α-hetero) is 1. The van der Waals surface area contributed by atoms with Gasteiger partial charge in [0.2, 0.25) is 0 Å². The second-order valence-corrected chi connectivity index (χ2v) is 7.84. The molecule has 2 aliphatic heterocycles. The number of hydrogen-bond acceptors (Lipinski definition) is 4. The van der Waals surface area contributed by atoms with Gasteiger partial charge in [0.25, 0.3) is 0 Å². The Morgan fingerprint density at radius 3 is 3.04 bits per heavy atom. The van der Waals surface area contributed by atoms with Crippen LogP contribution in [-0.4, -0.2) is 18.1 Å². The summed E-state index contributed by atoms with van der Waals surface area (Å²) in [6, 6.07) is 5.17. The van der Waals surface area contributed by atoms with Gasteiger partial charge in [-0.05, 0) is 50.0 Å². The van der Waals surface area contributed by atoms with Crippen molar-refractivity contribution in [2.45, 2.75) is 38.5 Å². The fourth-order valence-electron chi connectivity index (χ4n) is 3.90. The molecule has 1 atom stereocenters. The highest BCUT2D eigenvalue weighted by atomic mass is 32.2. The van der Waals surface area contributed by atoms with E-state index in [1.165, 1.54) is 22.9 Å². The maximum Gasteiger partial charge on any atom is 0.161 e. The average Bonchev–Trinajstić information content (AvgIpc) is 3.10. The van der Waals surface area contributed by atoms with Gasteiger partial charge in [-0.3, -0.25) is 4.79 Å². The fourth-order valence-corrected chi connectivity index (χ4v) is 5.18. The lowest BCUT2D eigenvalue weighted by Gasteiger charge is -2.33. The second kappa shape index (κ2) is 7.31. The number of nitrogens with one attached hydrogen (secondary N) is 1. The van der Waals surface area contributed by atoms with E-state index in [9.17, 15) is 9.18 Å². The number of allylic oxidation sites excluding steroid dienone is 4. The Labute approximate surface area is 157 Å². The molecule has 0 saturated heterocycles. The van der Waals surface area contributed by atoms with Crippen LogP contribution in [0.2, 0.25) is 0 Å². The van der Waals surface area contributed by atoms with Gasteiger partial charge < -0.3 is 10.1 Å². The molecule has 1 aliphatic carbocycles. The zero-order valence-electron chi connectivity index (χ0n) is 14.8. The largest absolute Gasteiger partial charge is 0.501 e. The van der Waals surface area contributed by atoms with Crippen LogP contribution in [0.4, 0.5) is 4.39 Å². The summed E-state index contributed by atoms with van der Waals surface area (Å²) >= 11 is 1.81. The maximum atomic E-state index is 14.2. The second-order valence-electron chi connectivity index (χ2n) is 6.71. The molecule has 1 aromatic carbocycles. The molecule has 136 valence electrons. The number of hydrogen-bond donors (Lipinski definition) is 1. The highest BCUT2D eigenvalue weighted by Gasteiger charge is 2.38. The van der Waals surface area contributed by atoms with Crippen LogP contribution in [0.15, 0.2) is 46.3 Å². The smallest absolute Gasteiger partial charge is 0.161 e. The Balaban J connectivity index is 1.78. The lowest BCUT2D eigenvalue weighted by molar-refractivity contribution is -0.116. The normalized spacial score (nSPS) is 22.5. The number of dihydropyridines is 1. The summed E-state index contributed by atoms with van der Waals surface area (Å²) in [6.07, 6.45) is 6.59. The van der Waals surface area contributed by atoms with Gasteiger partial charge in [-0.1, -0.05) is 6.07 Å². The summed E-state index contributed by atoms with van der Waals surface area (Å²) in [5, 5.41) is 3.52. The predicted molar refractivity (Wildman–Crippen MR) is 103 cm³/mol. The van der Waals surface area contributed by atoms with Crippen LogP contribution in [0.3, 0.4) is 0 Å². The van der Waals surface area contributed by atoms with E-state index >= 15 is 0 Å². The first-order chi connectivity index (χ1) is 12.7. The molecule has 3 aliphatic rings. The lowest BCUT2D eigenvalue weighted by atomic mass is 9.79. The predicted octanol–water partition coefficient (Wildman–Crippen LogP) is 4.88. The van der Waals surface area contributed by atoms with Crippen LogP contribution in [0.1, 0.15) is 49.7 Å². The van der Waals surface area contributed by atoms with E-state index in [-0.39, 0.29) is 17.5 Å². The Morgan fingerprint density at radius 1 is 1.31 bits per heavy atom. The highest BCUT2D eigenvalue weighted by Crippen LogP contribution is 2.50. The Kier molecular flexibility index (Phi) is 4.90. The minimum absolute atomic E-state index is 0.0682. The molecule has 26 heavy (non-hydrogen) atoms. The molecular formula is C21H22FNO2S. The Hall–Kier alpha value is -2.01. The lowest BCUT2D eigenvalue weighted by Crippen LogP contribution is -2.30. The molecule has 0 saturated carbocycles. The van der Waals surface area contributed by atoms with Gasteiger partial charge >= 0.3 is 0 Å². The van der Waals surface area contributed by atoms with Crippen molar-refractivity contribution < 1.29 is 13.9 Å². The van der Waals surface area contributed by atoms with E-state index in [1.807, 2.05) is 30.8 Å². The third-order valence-corrected chi connectivity index (χ3v) is 6.28. The zero-order chi connectivity index (χ0) is 18.1. The third kappa shape index (κ3) is 3.09. The van der Waals surface area contributed by atoms with Gasteiger partial charge in [-0.2, -0.15) is 0 Å². The van der Waals surface area contributed by atoms with Gasteiger partial charge in [-0.15, -0.1) is 11.8 Å². The van der Waals surface area contributed by atoms with Crippen molar-refractivity contribution in [3.8, 4) is 0 Å². The van der Waals surface area contributed by atoms with E-state index < -0.39 is 0 Å². The topological polar surface area (TPSA) is 38.3 Å². The minimum atomic E-state index is -0.281. The summed E-state index contributed by atoms with van der Waals surface area (Å²) < 4.78 is 19.4. The first-order valence-electron chi connectivity index (χ1n) is 9.15. The number of rotatable bonds is 4. The molecule has 1 aromatic rings. The summed E-state index contributed by atoms with van der Waals surface area (Å²) in [5.41, 5.74) is 4.67. The average molecular weight is 371 g/mol. The number of halogens is 1. The van der Waals surface area contributed by atoms with Crippen molar-refractivity contribution in [3.05, 3.63) is 63.3 Å². The minimum Gasteiger partial charge on any atom is -0.501 e. The van der Waals surface area contributed by atoms with Gasteiger partial charge in [0.15, 0.2) is 5.78 Å². The van der Waals surface area contributed by atoms with E-state index in [0.717, 1.165) is 41.8 Å². The number of carbonyl (C=O) groups excluding carboxylic acids is 1. The molecule has 0 fully saturated rings. The molecule has 0 spiro atoms. The summed E-state index contributed by atoms with van der Waals surface area (Å²) in [5.74, 6) is 0.900. The van der Waals surface area contributed by atoms with Crippen LogP contribution in [0.25, 0.3) is 6.08 Å². The number of thioether (sulfide) groups is 1. The molecule has 0 bridgehead atoms. The standard InChI is InChI=1S/C21H22FNO2S/c1-2-25-10-8-13-12-14(6-7-15(13)22)19-20-16(4-3-5-18(20)24)23-17-9-11-26-21(17)19/h6-8,10,12,19,23H,2-5,9,11H2,1H3. The monoisotopic (exact) mass is 371 g/mol. The molecule has 2 heterocycles. The molecule has 0 aromatic heterocycles. The van der Waals surface area contributed by atoms with Gasteiger partial charge in [0.05, 0.1) is 12.9 Å². The quantitative estimate of drug-likeness (QED) is 0.766. The number of ether oxygens (including phenoxy) is 1. The Bertz CT molecular complexity index is 840. The number of ketones is 1. The summed E-state index contributed by atoms with van der Waals surface area (Å²) in [6.45, 7) is 2.43. The van der Waals surface area contributed by atoms with Crippen molar-refractivity contribution in [2.75, 3.05) is 12.4 Å². The molecule has 1 unspecified atom stereocenters. The fraction of sp³-hybridized carbons (Fsp3) is 0.381. The Morgan fingerprint density at radius 2 is 2.19 bits per heavy atom. The van der Waals surface area contributed by atoms with Gasteiger partial charge in [-0.25, -0.2) is 4.39 Å². The first-order valence-corrected chi connectivity index (χ1v) is 10.1. The third-order valence-electron chi connectivity index (χ3n) is 5.08. The van der Waals surface area contributed by atoms with E-state index in [2.05, 4.69) is 5.32 Å². The van der Waals surface area contributed by atoms with Crippen molar-refractivity contribution >= 4 is 23.6 Å². The first kappa shape index (κ1) is 17.4. The van der Waals surface area contributed by atoms with E-state index in [1.54, 1.807) is 6.08 Å². The van der Waals surface area contributed by atoms with Crippen LogP contribution in [-0.2, 0) is 9.53 Å². The van der Waals surface area contributed by atoms with E-state index in [4.69, 9.17) is 4.74 Å². The molecule has 4 rings (SSSR count).